The van der Waals surface area contributed by atoms with Crippen molar-refractivity contribution in [2.75, 3.05) is 25.5 Å². The first kappa shape index (κ1) is 22.1. The molecule has 0 radical (unpaired) electrons. The first-order valence-corrected chi connectivity index (χ1v) is 10.3. The van der Waals surface area contributed by atoms with Crippen LogP contribution in [0.1, 0.15) is 10.5 Å². The van der Waals surface area contributed by atoms with Crippen LogP contribution in [0.3, 0.4) is 0 Å². The molecule has 10 nitrogen and oxygen atoms in total. The molecule has 0 aliphatic heterocycles. The van der Waals surface area contributed by atoms with Crippen molar-refractivity contribution in [3.8, 4) is 11.3 Å². The summed E-state index contributed by atoms with van der Waals surface area (Å²) in [6, 6.07) is 7.73. The van der Waals surface area contributed by atoms with Gasteiger partial charge in [-0.05, 0) is 25.2 Å². The number of benzene rings is 1. The second kappa shape index (κ2) is 9.57. The molecule has 11 heteroatoms. The van der Waals surface area contributed by atoms with E-state index < -0.39 is 11.7 Å². The van der Waals surface area contributed by atoms with E-state index in [-0.39, 0.29) is 23.8 Å². The Morgan fingerprint density at radius 2 is 2.00 bits per heavy atom. The number of fused-ring (bicyclic) bond motifs is 1. The maximum absolute atomic E-state index is 14.6. The third-order valence-corrected chi connectivity index (χ3v) is 4.87. The van der Waals surface area contributed by atoms with Gasteiger partial charge < -0.3 is 16.0 Å². The summed E-state index contributed by atoms with van der Waals surface area (Å²) in [6.45, 7) is 1.16. The topological polar surface area (TPSA) is 119 Å². The van der Waals surface area contributed by atoms with Crippen LogP contribution in [-0.4, -0.2) is 56.5 Å². The van der Waals surface area contributed by atoms with E-state index in [4.69, 9.17) is 0 Å². The number of hydrogen-bond acceptors (Lipinski definition) is 6. The highest BCUT2D eigenvalue weighted by molar-refractivity contribution is 6.04. The fourth-order valence-electron chi connectivity index (χ4n) is 3.27. The van der Waals surface area contributed by atoms with Crippen molar-refractivity contribution in [1.29, 1.82) is 0 Å². The van der Waals surface area contributed by atoms with Gasteiger partial charge in [0.25, 0.3) is 5.91 Å². The van der Waals surface area contributed by atoms with Gasteiger partial charge in [-0.3, -0.25) is 19.0 Å². The van der Waals surface area contributed by atoms with E-state index in [1.165, 1.54) is 16.8 Å². The lowest BCUT2D eigenvalue weighted by Gasteiger charge is -2.07. The van der Waals surface area contributed by atoms with Gasteiger partial charge in [-0.15, -0.1) is 0 Å². The molecule has 3 aromatic heterocycles. The maximum Gasteiger partial charge on any atom is 0.274 e. The summed E-state index contributed by atoms with van der Waals surface area (Å²) in [5.74, 6) is -1.38. The number of likely N-dealkylation sites (N-methyl/N-ethyl adjacent to an activating group) is 1. The van der Waals surface area contributed by atoms with Crippen LogP contribution >= 0.6 is 0 Å². The molecule has 0 spiro atoms. The summed E-state index contributed by atoms with van der Waals surface area (Å²) in [7, 11) is 3.59. The summed E-state index contributed by atoms with van der Waals surface area (Å²) < 4.78 is 17.7. The number of carbonyl (C=O) groups excluding carboxylic acids is 2. The van der Waals surface area contributed by atoms with Crippen LogP contribution < -0.4 is 16.0 Å². The summed E-state index contributed by atoms with van der Waals surface area (Å²) >= 11 is 0. The zero-order valence-corrected chi connectivity index (χ0v) is 18.2. The van der Waals surface area contributed by atoms with Crippen LogP contribution in [0.2, 0.25) is 0 Å². The van der Waals surface area contributed by atoms with E-state index >= 15 is 0 Å². The quantitative estimate of drug-likeness (QED) is 0.351. The Morgan fingerprint density at radius 3 is 2.76 bits per heavy atom. The number of anilines is 1. The Hall–Kier alpha value is -4.12. The Balaban J connectivity index is 1.50. The highest BCUT2D eigenvalue weighted by Crippen LogP contribution is 2.23. The molecule has 0 saturated carbocycles. The average molecular weight is 450 g/mol. The molecule has 0 fully saturated rings. The van der Waals surface area contributed by atoms with Crippen LogP contribution in [0.4, 0.5) is 10.1 Å². The molecule has 1 aromatic carbocycles. The van der Waals surface area contributed by atoms with Gasteiger partial charge in [0, 0.05) is 49.5 Å². The minimum atomic E-state index is -0.636. The SMILES string of the molecule is CNCCNC(=O)Cn1cc2cc(NC(=O)c3cccc(-c4cnn(C)c4)n3)c(F)cc2n1. The number of nitrogens with one attached hydrogen (secondary N) is 3. The number of rotatable bonds is 8. The van der Waals surface area contributed by atoms with Gasteiger partial charge in [0.15, 0.2) is 0 Å². The molecular weight excluding hydrogens is 427 g/mol. The normalized spacial score (nSPS) is 11.0. The van der Waals surface area contributed by atoms with Gasteiger partial charge in [-0.25, -0.2) is 9.37 Å². The molecule has 0 bridgehead atoms. The van der Waals surface area contributed by atoms with E-state index in [1.54, 1.807) is 55.6 Å². The fraction of sp³-hybridized carbons (Fsp3) is 0.227. The molecule has 170 valence electrons. The minimum Gasteiger partial charge on any atom is -0.353 e. The zero-order valence-electron chi connectivity index (χ0n) is 18.2. The predicted octanol–water partition coefficient (Wildman–Crippen LogP) is 1.56. The number of nitrogens with zero attached hydrogens (tertiary/aromatic N) is 5. The Labute approximate surface area is 188 Å². The molecule has 0 atom stereocenters. The van der Waals surface area contributed by atoms with Crippen LogP contribution in [0.25, 0.3) is 22.2 Å². The van der Waals surface area contributed by atoms with E-state index in [0.717, 1.165) is 5.56 Å². The van der Waals surface area contributed by atoms with Crippen LogP contribution in [0.15, 0.2) is 48.9 Å². The van der Waals surface area contributed by atoms with Gasteiger partial charge in [0.05, 0.1) is 23.1 Å². The monoisotopic (exact) mass is 450 g/mol. The lowest BCUT2D eigenvalue weighted by Crippen LogP contribution is -2.33. The smallest absolute Gasteiger partial charge is 0.274 e. The molecule has 2 amide bonds. The molecule has 33 heavy (non-hydrogen) atoms. The molecule has 0 aliphatic rings. The second-order valence-corrected chi connectivity index (χ2v) is 7.44. The molecule has 0 saturated heterocycles. The summed E-state index contributed by atoms with van der Waals surface area (Å²) in [5.41, 5.74) is 1.87. The Kier molecular flexibility index (Phi) is 6.41. The Bertz CT molecular complexity index is 1310. The van der Waals surface area contributed by atoms with Gasteiger partial charge >= 0.3 is 0 Å². The molecule has 4 rings (SSSR count). The van der Waals surface area contributed by atoms with Gasteiger partial charge in [-0.1, -0.05) is 6.07 Å². The second-order valence-electron chi connectivity index (χ2n) is 7.44. The minimum absolute atomic E-state index is 0.000831. The highest BCUT2D eigenvalue weighted by atomic mass is 19.1. The lowest BCUT2D eigenvalue weighted by atomic mass is 10.2. The van der Waals surface area contributed by atoms with Crippen molar-refractivity contribution < 1.29 is 14.0 Å². The van der Waals surface area contributed by atoms with Crippen molar-refractivity contribution >= 4 is 28.4 Å². The predicted molar refractivity (Wildman–Crippen MR) is 121 cm³/mol. The van der Waals surface area contributed by atoms with Crippen molar-refractivity contribution in [1.82, 2.24) is 35.2 Å². The van der Waals surface area contributed by atoms with E-state index in [1.807, 2.05) is 0 Å². The van der Waals surface area contributed by atoms with Crippen LogP contribution in [0, 0.1) is 5.82 Å². The van der Waals surface area contributed by atoms with Crippen LogP contribution in [0.5, 0.6) is 0 Å². The molecule has 4 aromatic rings. The number of aryl methyl sites for hydroxylation is 1. The summed E-state index contributed by atoms with van der Waals surface area (Å²) in [4.78, 5) is 29.1. The van der Waals surface area contributed by atoms with E-state index in [2.05, 4.69) is 31.1 Å². The zero-order chi connectivity index (χ0) is 23.4. The third kappa shape index (κ3) is 5.21. The third-order valence-electron chi connectivity index (χ3n) is 4.87. The first-order valence-electron chi connectivity index (χ1n) is 10.3. The van der Waals surface area contributed by atoms with Crippen molar-refractivity contribution in [3.05, 3.63) is 60.4 Å². The van der Waals surface area contributed by atoms with Crippen molar-refractivity contribution in [2.24, 2.45) is 7.05 Å². The molecule has 3 N–H and O–H groups in total. The Morgan fingerprint density at radius 1 is 1.15 bits per heavy atom. The lowest BCUT2D eigenvalue weighted by molar-refractivity contribution is -0.121. The van der Waals surface area contributed by atoms with Gasteiger partial charge in [-0.2, -0.15) is 10.2 Å². The molecule has 0 aliphatic carbocycles. The summed E-state index contributed by atoms with van der Waals surface area (Å²) in [6.07, 6.45) is 5.07. The van der Waals surface area contributed by atoms with Gasteiger partial charge in [0.2, 0.25) is 5.91 Å². The molecule has 3 heterocycles. The van der Waals surface area contributed by atoms with Gasteiger partial charge in [0.1, 0.15) is 18.1 Å². The first-order chi connectivity index (χ1) is 15.9. The highest BCUT2D eigenvalue weighted by Gasteiger charge is 2.15. The average Bonchev–Trinajstić information content (AvgIpc) is 3.39. The van der Waals surface area contributed by atoms with Crippen LogP contribution in [-0.2, 0) is 18.4 Å². The van der Waals surface area contributed by atoms with E-state index in [9.17, 15) is 14.0 Å². The summed E-state index contributed by atoms with van der Waals surface area (Å²) in [5, 5.41) is 17.2. The number of hydrogen-bond donors (Lipinski definition) is 3. The number of halogens is 1. The van der Waals surface area contributed by atoms with Crippen molar-refractivity contribution in [2.45, 2.75) is 6.54 Å². The number of pyridine rings is 1. The largest absolute Gasteiger partial charge is 0.353 e. The maximum atomic E-state index is 14.6. The van der Waals surface area contributed by atoms with E-state index in [0.29, 0.717) is 29.7 Å². The standard InChI is InChI=1S/C22H23FN8O2/c1-24-6-7-25-21(32)13-31-12-14-8-20(16(23)9-19(14)29-31)28-22(33)18-5-3-4-17(27-18)15-10-26-30(2)11-15/h3-5,8-12,24H,6-7,13H2,1-2H3,(H,25,32)(H,28,33). The number of aromatic nitrogens is 5. The molecular formula is C22H23FN8O2. The number of carbonyl (C=O) groups is 2. The molecule has 0 unspecified atom stereocenters. The fourth-order valence-corrected chi connectivity index (χ4v) is 3.27. The van der Waals surface area contributed by atoms with Crippen molar-refractivity contribution in [3.63, 3.8) is 0 Å². The number of amides is 2.